The fourth-order valence-corrected chi connectivity index (χ4v) is 4.26. The van der Waals surface area contributed by atoms with Gasteiger partial charge in [0.05, 0.1) is 12.7 Å². The molecule has 1 aromatic rings. The Labute approximate surface area is 193 Å². The molecule has 0 amide bonds. The van der Waals surface area contributed by atoms with Crippen LogP contribution in [-0.4, -0.2) is 37.2 Å². The normalized spacial score (nSPS) is 19.7. The molecule has 2 aliphatic rings. The number of carbonyl (C=O) groups excluding carboxylic acids is 3. The molecule has 0 aliphatic carbocycles. The maximum atomic E-state index is 13.6. The lowest BCUT2D eigenvalue weighted by Crippen LogP contribution is -2.51. The lowest BCUT2D eigenvalue weighted by atomic mass is 9.66. The molecule has 0 bridgehead atoms. The van der Waals surface area contributed by atoms with E-state index >= 15 is 0 Å². The third-order valence-electron chi connectivity index (χ3n) is 5.59. The summed E-state index contributed by atoms with van der Waals surface area (Å²) < 4.78 is 16.4. The molecule has 0 radical (unpaired) electrons. The van der Waals surface area contributed by atoms with Gasteiger partial charge in [-0.25, -0.2) is 14.4 Å². The zero-order valence-corrected chi connectivity index (χ0v) is 19.5. The number of hydrogen-bond donors (Lipinski definition) is 1. The quantitative estimate of drug-likeness (QED) is 0.276. The number of unbranched alkanes of at least 4 members (excludes halogenated alkanes) is 1. The van der Waals surface area contributed by atoms with Gasteiger partial charge in [-0.3, -0.25) is 0 Å². The van der Waals surface area contributed by atoms with Gasteiger partial charge in [-0.05, 0) is 33.3 Å². The van der Waals surface area contributed by atoms with Gasteiger partial charge >= 0.3 is 17.9 Å². The minimum absolute atomic E-state index is 0.00315. The Morgan fingerprint density at radius 3 is 2.58 bits per heavy atom. The molecule has 0 saturated heterocycles. The first-order valence-corrected chi connectivity index (χ1v) is 11.0. The zero-order valence-electron chi connectivity index (χ0n) is 19.5. The van der Waals surface area contributed by atoms with Gasteiger partial charge in [0.25, 0.3) is 0 Å². The number of hydrogen-bond acceptors (Lipinski definition) is 8. The minimum atomic E-state index is -1.91. The summed E-state index contributed by atoms with van der Waals surface area (Å²) in [5.41, 5.74) is 5.34. The molecule has 33 heavy (non-hydrogen) atoms. The van der Waals surface area contributed by atoms with Crippen LogP contribution in [-0.2, 0) is 34.0 Å². The molecule has 3 rings (SSSR count). The minimum Gasteiger partial charge on any atom is -0.462 e. The number of carbonyl (C=O) groups is 3. The van der Waals surface area contributed by atoms with Gasteiger partial charge in [-0.2, -0.15) is 0 Å². The largest absolute Gasteiger partial charge is 0.462 e. The van der Waals surface area contributed by atoms with E-state index in [1.807, 2.05) is 6.92 Å². The van der Waals surface area contributed by atoms with Crippen LogP contribution >= 0.6 is 0 Å². The molecule has 2 heterocycles. The molecular weight excluding hydrogens is 424 g/mol. The van der Waals surface area contributed by atoms with E-state index in [1.165, 1.54) is 6.92 Å². The summed E-state index contributed by atoms with van der Waals surface area (Å²) in [5.74, 6) is -2.29. The van der Waals surface area contributed by atoms with Crippen LogP contribution in [0.4, 0.5) is 5.69 Å². The van der Waals surface area contributed by atoms with Crippen molar-refractivity contribution in [3.8, 4) is 0 Å². The number of allylic oxidation sites excluding steroid dienone is 1. The van der Waals surface area contributed by atoms with Gasteiger partial charge < -0.3 is 24.8 Å². The highest BCUT2D eigenvalue weighted by Gasteiger charge is 2.63. The number of ether oxygens (including phenoxy) is 3. The van der Waals surface area contributed by atoms with E-state index in [0.29, 0.717) is 17.7 Å². The number of para-hydroxylation sites is 1. The molecular formula is C25H30N2O6. The Bertz CT molecular complexity index is 1050. The number of nitrogens with two attached hydrogens (primary N) is 1. The lowest BCUT2D eigenvalue weighted by molar-refractivity contribution is -0.148. The van der Waals surface area contributed by atoms with E-state index in [0.717, 1.165) is 6.42 Å². The van der Waals surface area contributed by atoms with Crippen molar-refractivity contribution in [3.05, 3.63) is 65.2 Å². The number of benzene rings is 1. The fraction of sp³-hybridized carbons (Fsp3) is 0.400. The fourth-order valence-electron chi connectivity index (χ4n) is 4.26. The van der Waals surface area contributed by atoms with Gasteiger partial charge in [0.1, 0.15) is 22.7 Å². The molecule has 0 aromatic heterocycles. The summed E-state index contributed by atoms with van der Waals surface area (Å²) in [4.78, 5) is 42.0. The highest BCUT2D eigenvalue weighted by atomic mass is 16.6. The second kappa shape index (κ2) is 9.52. The maximum Gasteiger partial charge on any atom is 0.339 e. The lowest BCUT2D eigenvalue weighted by Gasteiger charge is -2.41. The summed E-state index contributed by atoms with van der Waals surface area (Å²) >= 11 is 0. The smallest absolute Gasteiger partial charge is 0.339 e. The molecule has 1 aromatic carbocycles. The van der Waals surface area contributed by atoms with Crippen molar-refractivity contribution in [2.24, 2.45) is 5.73 Å². The number of esters is 3. The van der Waals surface area contributed by atoms with Crippen molar-refractivity contribution in [2.45, 2.75) is 52.1 Å². The monoisotopic (exact) mass is 454 g/mol. The molecule has 1 atom stereocenters. The van der Waals surface area contributed by atoms with Crippen LogP contribution in [0.15, 0.2) is 59.6 Å². The van der Waals surface area contributed by atoms with E-state index in [-0.39, 0.29) is 35.9 Å². The van der Waals surface area contributed by atoms with Crippen LogP contribution in [0.3, 0.4) is 0 Å². The molecule has 0 fully saturated rings. The third kappa shape index (κ3) is 3.90. The van der Waals surface area contributed by atoms with Crippen molar-refractivity contribution in [3.63, 3.8) is 0 Å². The van der Waals surface area contributed by atoms with Crippen LogP contribution in [0, 0.1) is 0 Å². The Hall–Kier alpha value is -3.55. The van der Waals surface area contributed by atoms with Crippen LogP contribution in [0.1, 0.15) is 46.1 Å². The van der Waals surface area contributed by atoms with Gasteiger partial charge in [0, 0.05) is 17.8 Å². The molecule has 1 unspecified atom stereocenters. The molecule has 176 valence electrons. The number of nitrogens with zero attached hydrogens (tertiary/aromatic N) is 1. The number of cyclic esters (lactones) is 1. The maximum absolute atomic E-state index is 13.6. The molecule has 8 heteroatoms. The summed E-state index contributed by atoms with van der Waals surface area (Å²) in [5, 5.41) is 0. The molecule has 2 N–H and O–H groups in total. The van der Waals surface area contributed by atoms with E-state index in [1.54, 1.807) is 49.1 Å². The van der Waals surface area contributed by atoms with Crippen molar-refractivity contribution < 1.29 is 28.6 Å². The number of anilines is 1. The van der Waals surface area contributed by atoms with Gasteiger partial charge in [0.15, 0.2) is 5.41 Å². The van der Waals surface area contributed by atoms with Gasteiger partial charge in [-0.15, -0.1) is 6.58 Å². The predicted molar refractivity (Wildman–Crippen MR) is 123 cm³/mol. The first kappa shape index (κ1) is 24.1. The number of rotatable bonds is 8. The number of fused-ring (bicyclic) bond motifs is 2. The van der Waals surface area contributed by atoms with Crippen LogP contribution in [0.25, 0.3) is 0 Å². The van der Waals surface area contributed by atoms with Crippen LogP contribution in [0.2, 0.25) is 0 Å². The average molecular weight is 455 g/mol. The average Bonchev–Trinajstić information content (AvgIpc) is 3.01. The Kier molecular flexibility index (Phi) is 6.95. The topological polar surface area (TPSA) is 108 Å². The summed E-state index contributed by atoms with van der Waals surface area (Å²) in [6.45, 7) is 11.1. The molecule has 2 aliphatic heterocycles. The highest BCUT2D eigenvalue weighted by molar-refractivity contribution is 6.16. The van der Waals surface area contributed by atoms with Crippen molar-refractivity contribution >= 4 is 23.6 Å². The Balaban J connectivity index is 2.35. The van der Waals surface area contributed by atoms with Crippen molar-refractivity contribution in [1.29, 1.82) is 0 Å². The van der Waals surface area contributed by atoms with Crippen LogP contribution < -0.4 is 10.6 Å². The Morgan fingerprint density at radius 1 is 1.24 bits per heavy atom. The molecule has 0 saturated carbocycles. The van der Waals surface area contributed by atoms with E-state index in [9.17, 15) is 14.4 Å². The first-order chi connectivity index (χ1) is 15.7. The summed E-state index contributed by atoms with van der Waals surface area (Å²) in [6, 6.07) is 6.95. The summed E-state index contributed by atoms with van der Waals surface area (Å²) in [6.07, 6.45) is 2.62. The second-order valence-electron chi connectivity index (χ2n) is 8.19. The van der Waals surface area contributed by atoms with Crippen molar-refractivity contribution in [1.82, 2.24) is 0 Å². The van der Waals surface area contributed by atoms with Crippen LogP contribution in [0.5, 0.6) is 0 Å². The van der Waals surface area contributed by atoms with Crippen molar-refractivity contribution in [2.75, 3.05) is 18.1 Å². The molecule has 1 spiro atoms. The van der Waals surface area contributed by atoms with E-state index in [2.05, 4.69) is 6.58 Å². The summed E-state index contributed by atoms with van der Waals surface area (Å²) in [7, 11) is 0. The highest BCUT2D eigenvalue weighted by Crippen LogP contribution is 2.54. The van der Waals surface area contributed by atoms with Gasteiger partial charge in [-0.1, -0.05) is 37.6 Å². The third-order valence-corrected chi connectivity index (χ3v) is 5.59. The standard InChI is InChI=1S/C25H30N2O6/c1-6-8-14-31-22(28)20-21(26)27(13-7-2)18-12-10-9-11-17(18)25(20)19(16(5)33-24(25)30)23(29)32-15(3)4/h7,9-12,15H,2,6,8,13-14,26H2,1,3-5H3. The second-order valence-corrected chi connectivity index (χ2v) is 8.19. The van der Waals surface area contributed by atoms with E-state index in [4.69, 9.17) is 19.9 Å². The predicted octanol–water partition coefficient (Wildman–Crippen LogP) is 3.23. The SMILES string of the molecule is C=CCN1C(N)=C(C(=O)OCCCC)C2(C(=O)OC(C)=C2C(=O)OC(C)C)c2ccccc21. The van der Waals surface area contributed by atoms with Gasteiger partial charge in [0.2, 0.25) is 0 Å². The first-order valence-electron chi connectivity index (χ1n) is 11.0. The Morgan fingerprint density at radius 2 is 1.94 bits per heavy atom. The van der Waals surface area contributed by atoms with E-state index < -0.39 is 29.4 Å². The molecule has 8 nitrogen and oxygen atoms in total. The zero-order chi connectivity index (χ0) is 24.3.